The van der Waals surface area contributed by atoms with Crippen LogP contribution in [0.15, 0.2) is 24.3 Å². The van der Waals surface area contributed by atoms with Crippen LogP contribution >= 0.6 is 11.8 Å². The predicted octanol–water partition coefficient (Wildman–Crippen LogP) is 3.32. The third-order valence-electron chi connectivity index (χ3n) is 2.43. The molecule has 3 heteroatoms. The molecule has 0 saturated heterocycles. The van der Waals surface area contributed by atoms with Crippen LogP contribution in [-0.2, 0) is 6.54 Å². The first kappa shape index (κ1) is 14.4. The summed E-state index contributed by atoms with van der Waals surface area (Å²) < 4.78 is 5.54. The normalized spacial score (nSPS) is 10.5. The predicted molar refractivity (Wildman–Crippen MR) is 76.9 cm³/mol. The molecule has 1 aromatic carbocycles. The highest BCUT2D eigenvalue weighted by atomic mass is 32.2. The Morgan fingerprint density at radius 2 is 2.00 bits per heavy atom. The van der Waals surface area contributed by atoms with Gasteiger partial charge in [0.05, 0.1) is 6.61 Å². The number of hydrogen-bond acceptors (Lipinski definition) is 3. The molecule has 0 aliphatic carbocycles. The van der Waals surface area contributed by atoms with Crippen LogP contribution in [0.1, 0.15) is 25.3 Å². The molecule has 0 bridgehead atoms. The summed E-state index contributed by atoms with van der Waals surface area (Å²) in [6.07, 6.45) is 4.44. The quantitative estimate of drug-likeness (QED) is 0.682. The number of benzene rings is 1. The summed E-state index contributed by atoms with van der Waals surface area (Å²) in [6.45, 7) is 4.95. The van der Waals surface area contributed by atoms with Crippen molar-refractivity contribution in [2.24, 2.45) is 0 Å². The van der Waals surface area contributed by atoms with E-state index >= 15 is 0 Å². The van der Waals surface area contributed by atoms with Gasteiger partial charge in [-0.2, -0.15) is 11.8 Å². The van der Waals surface area contributed by atoms with Gasteiger partial charge in [0.2, 0.25) is 0 Å². The smallest absolute Gasteiger partial charge is 0.119 e. The van der Waals surface area contributed by atoms with Gasteiger partial charge in [-0.15, -0.1) is 0 Å². The molecule has 1 N–H and O–H groups in total. The van der Waals surface area contributed by atoms with Crippen molar-refractivity contribution in [3.63, 3.8) is 0 Å². The zero-order valence-electron chi connectivity index (χ0n) is 10.9. The van der Waals surface area contributed by atoms with E-state index in [4.69, 9.17) is 4.74 Å². The van der Waals surface area contributed by atoms with E-state index in [1.54, 1.807) is 0 Å². The number of hydrogen-bond donors (Lipinski definition) is 1. The van der Waals surface area contributed by atoms with Crippen molar-refractivity contribution in [3.8, 4) is 5.75 Å². The summed E-state index contributed by atoms with van der Waals surface area (Å²) in [4.78, 5) is 0. The zero-order chi connectivity index (χ0) is 12.3. The van der Waals surface area contributed by atoms with Crippen LogP contribution in [0.3, 0.4) is 0 Å². The molecule has 0 spiro atoms. The maximum Gasteiger partial charge on any atom is 0.119 e. The van der Waals surface area contributed by atoms with Crippen molar-refractivity contribution in [3.05, 3.63) is 29.8 Å². The summed E-state index contributed by atoms with van der Waals surface area (Å²) in [5.74, 6) is 2.20. The summed E-state index contributed by atoms with van der Waals surface area (Å²) >= 11 is 1.90. The molecule has 0 aliphatic heterocycles. The van der Waals surface area contributed by atoms with Gasteiger partial charge in [-0.25, -0.2) is 0 Å². The average molecular weight is 253 g/mol. The number of nitrogens with one attached hydrogen (secondary N) is 1. The van der Waals surface area contributed by atoms with Crippen LogP contribution in [-0.4, -0.2) is 25.2 Å². The first-order valence-corrected chi connectivity index (χ1v) is 7.67. The molecule has 0 atom stereocenters. The molecule has 0 unspecified atom stereocenters. The van der Waals surface area contributed by atoms with Crippen LogP contribution in [0, 0.1) is 0 Å². The van der Waals surface area contributed by atoms with Gasteiger partial charge in [0.1, 0.15) is 5.75 Å². The van der Waals surface area contributed by atoms with E-state index in [9.17, 15) is 0 Å². The van der Waals surface area contributed by atoms with E-state index < -0.39 is 0 Å². The second kappa shape index (κ2) is 9.37. The van der Waals surface area contributed by atoms with Gasteiger partial charge in [0.15, 0.2) is 0 Å². The first-order chi connectivity index (χ1) is 8.36. The molecule has 0 amide bonds. The molecule has 1 aromatic rings. The molecule has 0 aromatic heterocycles. The lowest BCUT2D eigenvalue weighted by Gasteiger charge is -2.07. The highest BCUT2D eigenvalue weighted by Crippen LogP contribution is 2.12. The molecule has 17 heavy (non-hydrogen) atoms. The van der Waals surface area contributed by atoms with E-state index in [0.29, 0.717) is 0 Å². The lowest BCUT2D eigenvalue weighted by atomic mass is 10.2. The lowest BCUT2D eigenvalue weighted by Crippen LogP contribution is -2.15. The van der Waals surface area contributed by atoms with E-state index in [-0.39, 0.29) is 0 Å². The third kappa shape index (κ3) is 6.59. The van der Waals surface area contributed by atoms with Crippen LogP contribution in [0.5, 0.6) is 5.75 Å². The van der Waals surface area contributed by atoms with Gasteiger partial charge in [-0.3, -0.25) is 0 Å². The van der Waals surface area contributed by atoms with Crippen LogP contribution in [0.4, 0.5) is 0 Å². The highest BCUT2D eigenvalue weighted by Gasteiger charge is 1.95. The topological polar surface area (TPSA) is 21.3 Å². The van der Waals surface area contributed by atoms with Crippen molar-refractivity contribution in [2.75, 3.05) is 25.2 Å². The summed E-state index contributed by atoms with van der Waals surface area (Å²) in [6, 6.07) is 8.36. The van der Waals surface area contributed by atoms with Crippen molar-refractivity contribution in [1.82, 2.24) is 5.32 Å². The molecule has 0 radical (unpaired) electrons. The van der Waals surface area contributed by atoms with E-state index in [1.807, 2.05) is 11.8 Å². The molecule has 1 rings (SSSR count). The van der Waals surface area contributed by atoms with E-state index in [0.717, 1.165) is 31.9 Å². The van der Waals surface area contributed by atoms with Gasteiger partial charge < -0.3 is 10.1 Å². The first-order valence-electron chi connectivity index (χ1n) is 6.28. The van der Waals surface area contributed by atoms with Crippen LogP contribution in [0.25, 0.3) is 0 Å². The minimum Gasteiger partial charge on any atom is -0.494 e. The van der Waals surface area contributed by atoms with Gasteiger partial charge in [0.25, 0.3) is 0 Å². The van der Waals surface area contributed by atoms with Gasteiger partial charge in [0, 0.05) is 6.54 Å². The Kier molecular flexibility index (Phi) is 7.93. The Balaban J connectivity index is 2.20. The highest BCUT2D eigenvalue weighted by molar-refractivity contribution is 7.98. The second-order valence-corrected chi connectivity index (χ2v) is 5.00. The number of thioether (sulfide) groups is 1. The SMILES string of the molecule is CCCOc1ccc(CNCCCSC)cc1. The molecular formula is C14H23NOS. The monoisotopic (exact) mass is 253 g/mol. The van der Waals surface area contributed by atoms with Crippen molar-refractivity contribution in [2.45, 2.75) is 26.3 Å². The second-order valence-electron chi connectivity index (χ2n) is 4.02. The molecule has 96 valence electrons. The molecule has 0 aliphatic rings. The Morgan fingerprint density at radius 1 is 1.24 bits per heavy atom. The number of rotatable bonds is 9. The Labute approximate surface area is 109 Å². The summed E-state index contributed by atoms with van der Waals surface area (Å²) in [5.41, 5.74) is 1.32. The van der Waals surface area contributed by atoms with Crippen molar-refractivity contribution < 1.29 is 4.74 Å². The Morgan fingerprint density at radius 3 is 2.65 bits per heavy atom. The summed E-state index contributed by atoms with van der Waals surface area (Å²) in [7, 11) is 0. The minimum absolute atomic E-state index is 0.798. The Hall–Kier alpha value is -0.670. The van der Waals surface area contributed by atoms with E-state index in [1.165, 1.54) is 17.7 Å². The zero-order valence-corrected chi connectivity index (χ0v) is 11.7. The molecule has 0 fully saturated rings. The number of ether oxygens (including phenoxy) is 1. The molecule has 0 heterocycles. The van der Waals surface area contributed by atoms with E-state index in [2.05, 4.69) is 42.8 Å². The largest absolute Gasteiger partial charge is 0.494 e. The lowest BCUT2D eigenvalue weighted by molar-refractivity contribution is 0.317. The third-order valence-corrected chi connectivity index (χ3v) is 3.12. The fourth-order valence-corrected chi connectivity index (χ4v) is 1.93. The van der Waals surface area contributed by atoms with Crippen LogP contribution in [0.2, 0.25) is 0 Å². The average Bonchev–Trinajstić information content (AvgIpc) is 2.37. The van der Waals surface area contributed by atoms with Gasteiger partial charge in [-0.1, -0.05) is 19.1 Å². The standard InChI is InChI=1S/C14H23NOS/c1-3-10-16-14-7-5-13(6-8-14)12-15-9-4-11-17-2/h5-8,15H,3-4,9-12H2,1-2H3. The fourth-order valence-electron chi connectivity index (χ4n) is 1.50. The fraction of sp³-hybridized carbons (Fsp3) is 0.571. The molecular weight excluding hydrogens is 230 g/mol. The maximum absolute atomic E-state index is 5.54. The Bertz CT molecular complexity index is 287. The maximum atomic E-state index is 5.54. The van der Waals surface area contributed by atoms with Gasteiger partial charge >= 0.3 is 0 Å². The summed E-state index contributed by atoms with van der Waals surface area (Å²) in [5, 5.41) is 3.44. The van der Waals surface area contributed by atoms with Crippen LogP contribution < -0.4 is 10.1 Å². The van der Waals surface area contributed by atoms with Crippen molar-refractivity contribution in [1.29, 1.82) is 0 Å². The van der Waals surface area contributed by atoms with Crippen molar-refractivity contribution >= 4 is 11.8 Å². The molecule has 2 nitrogen and oxygen atoms in total. The molecule has 0 saturated carbocycles. The van der Waals surface area contributed by atoms with Gasteiger partial charge in [-0.05, 0) is 49.1 Å². The minimum atomic E-state index is 0.798.